The van der Waals surface area contributed by atoms with Crippen molar-refractivity contribution in [3.63, 3.8) is 0 Å². The summed E-state index contributed by atoms with van der Waals surface area (Å²) in [7, 11) is 0. The number of halogens is 1. The molecule has 0 spiro atoms. The molecule has 20 heavy (non-hydrogen) atoms. The van der Waals surface area contributed by atoms with Crippen LogP contribution in [-0.4, -0.2) is 11.7 Å². The summed E-state index contributed by atoms with van der Waals surface area (Å²) in [6.07, 6.45) is 0. The Bertz CT molecular complexity index is 653. The van der Waals surface area contributed by atoms with Crippen LogP contribution >= 0.6 is 0 Å². The second kappa shape index (κ2) is 5.63. The van der Waals surface area contributed by atoms with Gasteiger partial charge in [0, 0.05) is 11.1 Å². The number of hydrogen-bond donors (Lipinski definition) is 2. The fourth-order valence-electron chi connectivity index (χ4n) is 1.81. The average molecular weight is 272 g/mol. The number of ketones is 1. The van der Waals surface area contributed by atoms with Crippen LogP contribution in [0.3, 0.4) is 0 Å². The third-order valence-corrected chi connectivity index (χ3v) is 2.92. The summed E-state index contributed by atoms with van der Waals surface area (Å²) >= 11 is 0. The smallest absolute Gasteiger partial charge is 0.238 e. The van der Waals surface area contributed by atoms with E-state index in [1.54, 1.807) is 18.2 Å². The van der Waals surface area contributed by atoms with Gasteiger partial charge in [0.15, 0.2) is 5.78 Å². The van der Waals surface area contributed by atoms with E-state index in [1.807, 2.05) is 0 Å². The first kappa shape index (κ1) is 13.9. The first-order valence-electron chi connectivity index (χ1n) is 5.94. The highest BCUT2D eigenvalue weighted by Gasteiger charge is 2.15. The van der Waals surface area contributed by atoms with E-state index in [-0.39, 0.29) is 5.78 Å². The predicted molar refractivity (Wildman–Crippen MR) is 72.4 cm³/mol. The first-order valence-corrected chi connectivity index (χ1v) is 5.94. The summed E-state index contributed by atoms with van der Waals surface area (Å²) in [6.45, 7) is 0. The molecule has 1 atom stereocenters. The van der Waals surface area contributed by atoms with Crippen molar-refractivity contribution in [1.82, 2.24) is 0 Å². The molecule has 0 bridgehead atoms. The third kappa shape index (κ3) is 2.89. The molecule has 1 amide bonds. The Morgan fingerprint density at radius 2 is 1.65 bits per heavy atom. The molecule has 5 heteroatoms. The van der Waals surface area contributed by atoms with Gasteiger partial charge in [-0.05, 0) is 35.9 Å². The number of primary amides is 1. The van der Waals surface area contributed by atoms with Gasteiger partial charge in [0.2, 0.25) is 5.91 Å². The van der Waals surface area contributed by atoms with Crippen LogP contribution in [0.25, 0.3) is 0 Å². The van der Waals surface area contributed by atoms with Crippen molar-refractivity contribution in [2.24, 2.45) is 11.5 Å². The topological polar surface area (TPSA) is 86.2 Å². The molecule has 4 nitrogen and oxygen atoms in total. The van der Waals surface area contributed by atoms with Crippen LogP contribution in [0.5, 0.6) is 0 Å². The van der Waals surface area contributed by atoms with Gasteiger partial charge in [-0.15, -0.1) is 0 Å². The molecule has 4 N–H and O–H groups in total. The first-order chi connectivity index (χ1) is 9.49. The molecule has 0 saturated carbocycles. The molecule has 0 radical (unpaired) electrons. The summed E-state index contributed by atoms with van der Waals surface area (Å²) in [5.74, 6) is -1.36. The molecule has 0 saturated heterocycles. The molecular weight excluding hydrogens is 259 g/mol. The molecule has 0 fully saturated rings. The van der Waals surface area contributed by atoms with Gasteiger partial charge in [-0.2, -0.15) is 0 Å². The van der Waals surface area contributed by atoms with E-state index in [0.29, 0.717) is 16.7 Å². The molecule has 1 unspecified atom stereocenters. The number of hydrogen-bond acceptors (Lipinski definition) is 3. The van der Waals surface area contributed by atoms with Gasteiger partial charge in [-0.25, -0.2) is 4.39 Å². The monoisotopic (exact) mass is 272 g/mol. The van der Waals surface area contributed by atoms with Crippen molar-refractivity contribution in [3.8, 4) is 0 Å². The quantitative estimate of drug-likeness (QED) is 0.828. The minimum atomic E-state index is -0.962. The predicted octanol–water partition coefficient (Wildman–Crippen LogP) is 1.54. The summed E-state index contributed by atoms with van der Waals surface area (Å²) in [4.78, 5) is 23.3. The van der Waals surface area contributed by atoms with E-state index in [4.69, 9.17) is 11.5 Å². The van der Waals surface area contributed by atoms with E-state index in [9.17, 15) is 14.0 Å². The molecule has 0 aromatic heterocycles. The maximum atomic E-state index is 12.8. The second-order valence-electron chi connectivity index (χ2n) is 4.34. The van der Waals surface area contributed by atoms with Gasteiger partial charge in [-0.1, -0.05) is 18.2 Å². The maximum Gasteiger partial charge on any atom is 0.238 e. The van der Waals surface area contributed by atoms with Crippen molar-refractivity contribution in [2.45, 2.75) is 6.04 Å². The highest BCUT2D eigenvalue weighted by molar-refractivity contribution is 6.09. The van der Waals surface area contributed by atoms with E-state index in [2.05, 4.69) is 0 Å². The van der Waals surface area contributed by atoms with Gasteiger partial charge < -0.3 is 11.5 Å². The zero-order valence-electron chi connectivity index (χ0n) is 10.5. The Morgan fingerprint density at radius 3 is 2.25 bits per heavy atom. The molecule has 2 aromatic rings. The maximum absolute atomic E-state index is 12.8. The summed E-state index contributed by atoms with van der Waals surface area (Å²) < 4.78 is 12.8. The highest BCUT2D eigenvalue weighted by Crippen LogP contribution is 2.16. The van der Waals surface area contributed by atoms with E-state index < -0.39 is 17.8 Å². The normalized spacial score (nSPS) is 11.9. The largest absolute Gasteiger partial charge is 0.368 e. The number of amides is 1. The lowest BCUT2D eigenvalue weighted by molar-refractivity contribution is -0.119. The lowest BCUT2D eigenvalue weighted by Crippen LogP contribution is -2.28. The van der Waals surface area contributed by atoms with Crippen molar-refractivity contribution >= 4 is 11.7 Å². The van der Waals surface area contributed by atoms with Crippen LogP contribution in [0.4, 0.5) is 4.39 Å². The number of rotatable bonds is 4. The highest BCUT2D eigenvalue weighted by atomic mass is 19.1. The van der Waals surface area contributed by atoms with Crippen LogP contribution in [0.15, 0.2) is 48.5 Å². The van der Waals surface area contributed by atoms with E-state index >= 15 is 0 Å². The molecule has 0 heterocycles. The van der Waals surface area contributed by atoms with Crippen LogP contribution in [0, 0.1) is 5.82 Å². The Kier molecular flexibility index (Phi) is 3.91. The summed E-state index contributed by atoms with van der Waals surface area (Å²) in [5.41, 5.74) is 11.9. The van der Waals surface area contributed by atoms with E-state index in [1.165, 1.54) is 30.3 Å². The number of nitrogens with two attached hydrogens (primary N) is 2. The zero-order valence-corrected chi connectivity index (χ0v) is 10.5. The van der Waals surface area contributed by atoms with Gasteiger partial charge in [-0.3, -0.25) is 9.59 Å². The Hall–Kier alpha value is -2.53. The Labute approximate surface area is 115 Å². The van der Waals surface area contributed by atoms with Crippen LogP contribution < -0.4 is 11.5 Å². The number of benzene rings is 2. The van der Waals surface area contributed by atoms with Crippen molar-refractivity contribution in [1.29, 1.82) is 0 Å². The minimum Gasteiger partial charge on any atom is -0.368 e. The molecule has 0 aliphatic carbocycles. The van der Waals surface area contributed by atoms with E-state index in [0.717, 1.165) is 0 Å². The van der Waals surface area contributed by atoms with Crippen LogP contribution in [0.1, 0.15) is 27.5 Å². The summed E-state index contributed by atoms with van der Waals surface area (Å²) in [6, 6.07) is 10.6. The molecule has 0 aliphatic heterocycles. The Balaban J connectivity index is 2.33. The molecule has 2 rings (SSSR count). The lowest BCUT2D eigenvalue weighted by Gasteiger charge is -2.09. The fourth-order valence-corrected chi connectivity index (χ4v) is 1.81. The number of carbonyl (C=O) groups excluding carboxylic acids is 2. The minimum absolute atomic E-state index is 0.275. The van der Waals surface area contributed by atoms with Crippen molar-refractivity contribution in [2.75, 3.05) is 0 Å². The average Bonchev–Trinajstić information content (AvgIpc) is 2.46. The van der Waals surface area contributed by atoms with Gasteiger partial charge in [0.1, 0.15) is 11.9 Å². The van der Waals surface area contributed by atoms with Crippen LogP contribution in [-0.2, 0) is 4.79 Å². The molecule has 2 aromatic carbocycles. The third-order valence-electron chi connectivity index (χ3n) is 2.92. The lowest BCUT2D eigenvalue weighted by atomic mass is 9.98. The van der Waals surface area contributed by atoms with Crippen molar-refractivity contribution in [3.05, 3.63) is 71.0 Å². The van der Waals surface area contributed by atoms with Crippen LogP contribution in [0.2, 0.25) is 0 Å². The second-order valence-corrected chi connectivity index (χ2v) is 4.34. The van der Waals surface area contributed by atoms with Gasteiger partial charge >= 0.3 is 0 Å². The standard InChI is InChI=1S/C15H13FN2O2/c16-12-6-4-9(5-7-12)14(19)11-3-1-2-10(8-11)13(17)15(18)20/h1-8,13H,17H2,(H2,18,20). The van der Waals surface area contributed by atoms with Gasteiger partial charge in [0.25, 0.3) is 0 Å². The molecule has 0 aliphatic rings. The number of carbonyl (C=O) groups is 2. The zero-order chi connectivity index (χ0) is 14.7. The van der Waals surface area contributed by atoms with Gasteiger partial charge in [0.05, 0.1) is 0 Å². The Morgan fingerprint density at radius 1 is 1.00 bits per heavy atom. The summed E-state index contributed by atoms with van der Waals surface area (Å²) in [5, 5.41) is 0. The molecule has 102 valence electrons. The fraction of sp³-hybridized carbons (Fsp3) is 0.0667. The van der Waals surface area contributed by atoms with Crippen molar-refractivity contribution < 1.29 is 14.0 Å². The molecular formula is C15H13FN2O2. The SMILES string of the molecule is NC(=O)C(N)c1cccc(C(=O)c2ccc(F)cc2)c1.